The second kappa shape index (κ2) is 3.88. The molecule has 1 atom stereocenters. The third-order valence-corrected chi connectivity index (χ3v) is 1.64. The van der Waals surface area contributed by atoms with Crippen molar-refractivity contribution in [3.05, 3.63) is 36.7 Å². The molecule has 0 spiro atoms. The fourth-order valence-corrected chi connectivity index (χ4v) is 0.957. The largest absolute Gasteiger partial charge is 0.496 e. The van der Waals surface area contributed by atoms with E-state index in [0.717, 1.165) is 11.3 Å². The van der Waals surface area contributed by atoms with Crippen LogP contribution in [-0.4, -0.2) is 12.1 Å². The van der Waals surface area contributed by atoms with Crippen LogP contribution in [0.2, 0.25) is 0 Å². The summed E-state index contributed by atoms with van der Waals surface area (Å²) in [6.45, 7) is 3.60. The molecule has 0 aliphatic carbocycles. The van der Waals surface area contributed by atoms with Crippen molar-refractivity contribution in [3.8, 4) is 5.75 Å². The van der Waals surface area contributed by atoms with Gasteiger partial charge in [0.1, 0.15) is 5.75 Å². The van der Waals surface area contributed by atoms with Gasteiger partial charge in [0.2, 0.25) is 0 Å². The molecule has 0 fully saturated rings. The highest BCUT2D eigenvalue weighted by Crippen LogP contribution is 2.21. The maximum absolute atomic E-state index is 5.73. The quantitative estimate of drug-likeness (QED) is 0.684. The van der Waals surface area contributed by atoms with E-state index >= 15 is 0 Å². The molecule has 12 heavy (non-hydrogen) atoms. The highest BCUT2D eigenvalue weighted by molar-refractivity contribution is 5.34. The van der Waals surface area contributed by atoms with Gasteiger partial charge in [-0.25, -0.2) is 0 Å². The number of nitrogens with zero attached hydrogens (tertiary/aromatic N) is 1. The van der Waals surface area contributed by atoms with Crippen LogP contribution in [0.4, 0.5) is 0 Å². The van der Waals surface area contributed by atoms with Crippen molar-refractivity contribution in [2.24, 2.45) is 5.73 Å². The SMILES string of the molecule is C=CC(N)c1cnccc1OC. The molecule has 3 nitrogen and oxygen atoms in total. The van der Waals surface area contributed by atoms with Gasteiger partial charge in [0.15, 0.2) is 0 Å². The Hall–Kier alpha value is -1.35. The molecule has 1 unspecified atom stereocenters. The summed E-state index contributed by atoms with van der Waals surface area (Å²) in [6, 6.07) is 1.56. The average Bonchev–Trinajstić information content (AvgIpc) is 2.16. The summed E-state index contributed by atoms with van der Waals surface area (Å²) >= 11 is 0. The van der Waals surface area contributed by atoms with Gasteiger partial charge in [0.05, 0.1) is 13.2 Å². The van der Waals surface area contributed by atoms with Crippen molar-refractivity contribution >= 4 is 0 Å². The van der Waals surface area contributed by atoms with E-state index in [1.165, 1.54) is 0 Å². The predicted octanol–water partition coefficient (Wildman–Crippen LogP) is 1.28. The fourth-order valence-electron chi connectivity index (χ4n) is 0.957. The van der Waals surface area contributed by atoms with E-state index in [1.807, 2.05) is 0 Å². The van der Waals surface area contributed by atoms with Crippen LogP contribution in [0.5, 0.6) is 5.75 Å². The third-order valence-electron chi connectivity index (χ3n) is 1.64. The van der Waals surface area contributed by atoms with Crippen molar-refractivity contribution in [2.75, 3.05) is 7.11 Å². The van der Waals surface area contributed by atoms with E-state index in [0.29, 0.717) is 0 Å². The lowest BCUT2D eigenvalue weighted by molar-refractivity contribution is 0.407. The molecule has 2 N–H and O–H groups in total. The Bertz CT molecular complexity index is 273. The number of hydrogen-bond donors (Lipinski definition) is 1. The molecule has 0 saturated heterocycles. The molecule has 64 valence electrons. The molecule has 1 aromatic rings. The first-order valence-corrected chi connectivity index (χ1v) is 3.65. The van der Waals surface area contributed by atoms with Crippen molar-refractivity contribution in [3.63, 3.8) is 0 Å². The average molecular weight is 164 g/mol. The lowest BCUT2D eigenvalue weighted by Crippen LogP contribution is -2.08. The lowest BCUT2D eigenvalue weighted by Gasteiger charge is -2.10. The molecule has 1 heterocycles. The van der Waals surface area contributed by atoms with Gasteiger partial charge in [-0.05, 0) is 6.07 Å². The Morgan fingerprint density at radius 2 is 2.50 bits per heavy atom. The molecule has 0 radical (unpaired) electrons. The molecular formula is C9H12N2O. The summed E-state index contributed by atoms with van der Waals surface area (Å²) in [5.74, 6) is 0.748. The van der Waals surface area contributed by atoms with Gasteiger partial charge in [0, 0.05) is 18.0 Å². The molecule has 3 heteroatoms. The lowest BCUT2D eigenvalue weighted by atomic mass is 10.1. The Morgan fingerprint density at radius 1 is 1.75 bits per heavy atom. The number of aromatic nitrogens is 1. The second-order valence-electron chi connectivity index (χ2n) is 2.38. The summed E-state index contributed by atoms with van der Waals surface area (Å²) in [4.78, 5) is 3.95. The monoisotopic (exact) mass is 164 g/mol. The number of pyridine rings is 1. The predicted molar refractivity (Wildman–Crippen MR) is 47.9 cm³/mol. The van der Waals surface area contributed by atoms with Crippen molar-refractivity contribution in [2.45, 2.75) is 6.04 Å². The minimum Gasteiger partial charge on any atom is -0.496 e. The molecule has 0 amide bonds. The number of nitrogens with two attached hydrogens (primary N) is 1. The Labute approximate surface area is 71.9 Å². The normalized spacial score (nSPS) is 12.2. The molecule has 0 saturated carbocycles. The van der Waals surface area contributed by atoms with Gasteiger partial charge in [0.25, 0.3) is 0 Å². The fraction of sp³-hybridized carbons (Fsp3) is 0.222. The topological polar surface area (TPSA) is 48.1 Å². The van der Waals surface area contributed by atoms with Gasteiger partial charge in [-0.2, -0.15) is 0 Å². The zero-order chi connectivity index (χ0) is 8.97. The van der Waals surface area contributed by atoms with Crippen LogP contribution in [-0.2, 0) is 0 Å². The standard InChI is InChI=1S/C9H12N2O/c1-3-8(10)7-6-11-5-4-9(7)12-2/h3-6,8H,1,10H2,2H3. The van der Waals surface area contributed by atoms with Crippen LogP contribution in [0.1, 0.15) is 11.6 Å². The number of rotatable bonds is 3. The molecule has 1 rings (SSSR count). The highest BCUT2D eigenvalue weighted by Gasteiger charge is 2.07. The molecule has 0 aliphatic rings. The Balaban J connectivity index is 3.04. The van der Waals surface area contributed by atoms with Gasteiger partial charge < -0.3 is 10.5 Å². The first kappa shape index (κ1) is 8.74. The summed E-state index contributed by atoms with van der Waals surface area (Å²) in [5, 5.41) is 0. The van der Waals surface area contributed by atoms with E-state index < -0.39 is 0 Å². The minimum atomic E-state index is -0.214. The smallest absolute Gasteiger partial charge is 0.127 e. The van der Waals surface area contributed by atoms with Gasteiger partial charge >= 0.3 is 0 Å². The van der Waals surface area contributed by atoms with E-state index in [-0.39, 0.29) is 6.04 Å². The van der Waals surface area contributed by atoms with E-state index in [4.69, 9.17) is 10.5 Å². The van der Waals surface area contributed by atoms with Crippen molar-refractivity contribution in [1.82, 2.24) is 4.98 Å². The Kier molecular flexibility index (Phi) is 2.82. The molecule has 0 bridgehead atoms. The van der Waals surface area contributed by atoms with Crippen molar-refractivity contribution in [1.29, 1.82) is 0 Å². The van der Waals surface area contributed by atoms with Crippen LogP contribution < -0.4 is 10.5 Å². The zero-order valence-electron chi connectivity index (χ0n) is 7.03. The van der Waals surface area contributed by atoms with Crippen molar-refractivity contribution < 1.29 is 4.74 Å². The molecule has 1 aromatic heterocycles. The molecule has 0 aliphatic heterocycles. The van der Waals surface area contributed by atoms with Gasteiger partial charge in [-0.15, -0.1) is 6.58 Å². The first-order valence-electron chi connectivity index (χ1n) is 3.65. The molecule has 0 aromatic carbocycles. The van der Waals surface area contributed by atoms with E-state index in [9.17, 15) is 0 Å². The number of ether oxygens (including phenoxy) is 1. The summed E-state index contributed by atoms with van der Waals surface area (Å²) in [7, 11) is 1.61. The van der Waals surface area contributed by atoms with Gasteiger partial charge in [-0.1, -0.05) is 6.08 Å². The first-order chi connectivity index (χ1) is 5.79. The van der Waals surface area contributed by atoms with Gasteiger partial charge in [-0.3, -0.25) is 4.98 Å². The maximum Gasteiger partial charge on any atom is 0.127 e. The number of methoxy groups -OCH3 is 1. The summed E-state index contributed by atoms with van der Waals surface area (Å²) in [5.41, 5.74) is 6.59. The Morgan fingerprint density at radius 3 is 3.08 bits per heavy atom. The van der Waals surface area contributed by atoms with Crippen LogP contribution in [0.15, 0.2) is 31.1 Å². The van der Waals surface area contributed by atoms with E-state index in [1.54, 1.807) is 31.6 Å². The van der Waals surface area contributed by atoms with Crippen LogP contribution in [0, 0.1) is 0 Å². The number of hydrogen-bond acceptors (Lipinski definition) is 3. The highest BCUT2D eigenvalue weighted by atomic mass is 16.5. The van der Waals surface area contributed by atoms with Crippen LogP contribution >= 0.6 is 0 Å². The minimum absolute atomic E-state index is 0.214. The summed E-state index contributed by atoms with van der Waals surface area (Å²) < 4.78 is 5.10. The third kappa shape index (κ3) is 1.62. The maximum atomic E-state index is 5.73. The second-order valence-corrected chi connectivity index (χ2v) is 2.38. The summed E-state index contributed by atoms with van der Waals surface area (Å²) in [6.07, 6.45) is 5.00. The zero-order valence-corrected chi connectivity index (χ0v) is 7.03. The molecular weight excluding hydrogens is 152 g/mol. The van der Waals surface area contributed by atoms with Crippen LogP contribution in [0.3, 0.4) is 0 Å². The van der Waals surface area contributed by atoms with Crippen LogP contribution in [0.25, 0.3) is 0 Å². The van der Waals surface area contributed by atoms with E-state index in [2.05, 4.69) is 11.6 Å².